The summed E-state index contributed by atoms with van der Waals surface area (Å²) < 4.78 is 11.0. The first-order valence-electron chi connectivity index (χ1n) is 7.42. The van der Waals surface area contributed by atoms with Gasteiger partial charge in [0.2, 0.25) is 5.43 Å². The number of rotatable bonds is 2. The summed E-state index contributed by atoms with van der Waals surface area (Å²) >= 11 is 0. The van der Waals surface area contributed by atoms with E-state index in [-0.39, 0.29) is 22.4 Å². The molecular formula is C19H10N2O4. The van der Waals surface area contributed by atoms with E-state index in [4.69, 9.17) is 14.1 Å². The maximum Gasteiger partial charge on any atom is 0.302 e. The molecule has 6 nitrogen and oxygen atoms in total. The molecule has 0 bridgehead atoms. The van der Waals surface area contributed by atoms with Gasteiger partial charge in [0.15, 0.2) is 5.76 Å². The molecule has 6 heteroatoms. The summed E-state index contributed by atoms with van der Waals surface area (Å²) in [6, 6.07) is 16.6. The normalized spacial score (nSPS) is 10.7. The zero-order valence-electron chi connectivity index (χ0n) is 12.8. The highest BCUT2D eigenvalue weighted by atomic mass is 16.5. The number of fused-ring (bicyclic) bond motifs is 2. The molecule has 0 aliphatic rings. The third kappa shape index (κ3) is 2.54. The molecule has 0 atom stereocenters. The van der Waals surface area contributed by atoms with Gasteiger partial charge in [-0.15, -0.1) is 0 Å². The lowest BCUT2D eigenvalue weighted by Crippen LogP contribution is -2.10. The molecule has 0 aliphatic carbocycles. The molecule has 2 heterocycles. The quantitative estimate of drug-likeness (QED) is 0.605. The number of hydrogen-bond acceptors (Lipinski definition) is 5. The summed E-state index contributed by atoms with van der Waals surface area (Å²) in [5.74, 6) is -0.538. The van der Waals surface area contributed by atoms with Crippen LogP contribution in [0.4, 0.5) is 5.69 Å². The maximum absolute atomic E-state index is 12.5. The number of nitriles is 1. The van der Waals surface area contributed by atoms with E-state index < -0.39 is 5.91 Å². The van der Waals surface area contributed by atoms with Gasteiger partial charge >= 0.3 is 5.78 Å². The fourth-order valence-corrected chi connectivity index (χ4v) is 2.53. The van der Waals surface area contributed by atoms with Crippen LogP contribution in [0.15, 0.2) is 68.2 Å². The van der Waals surface area contributed by atoms with Crippen molar-refractivity contribution in [2.45, 2.75) is 0 Å². The van der Waals surface area contributed by atoms with Crippen molar-refractivity contribution in [3.05, 3.63) is 76.1 Å². The number of para-hydroxylation sites is 1. The Morgan fingerprint density at radius 1 is 1.00 bits per heavy atom. The first-order chi connectivity index (χ1) is 12.2. The van der Waals surface area contributed by atoms with Crippen molar-refractivity contribution in [3.63, 3.8) is 0 Å². The van der Waals surface area contributed by atoms with E-state index in [9.17, 15) is 9.59 Å². The molecule has 0 radical (unpaired) electrons. The van der Waals surface area contributed by atoms with E-state index in [1.807, 2.05) is 6.07 Å². The van der Waals surface area contributed by atoms with Gasteiger partial charge in [-0.05, 0) is 36.4 Å². The predicted octanol–water partition coefficient (Wildman–Crippen LogP) is 3.66. The minimum absolute atomic E-state index is 0.00804. The molecule has 0 aliphatic heterocycles. The third-order valence-corrected chi connectivity index (χ3v) is 3.77. The monoisotopic (exact) mass is 330 g/mol. The number of benzene rings is 2. The molecule has 2 aromatic carbocycles. The standard InChI is InChI=1S/C19H10N2O4/c20-10-11-5-7-12(8-6-11)21-18(23)16-9-14-17(22)13-3-1-2-4-15(13)24-19(14)25-16/h1-9H,(H,21,23). The lowest BCUT2D eigenvalue weighted by Gasteiger charge is -2.02. The summed E-state index contributed by atoms with van der Waals surface area (Å²) in [4.78, 5) is 24.8. The van der Waals surface area contributed by atoms with Gasteiger partial charge in [-0.3, -0.25) is 9.59 Å². The molecule has 0 spiro atoms. The highest BCUT2D eigenvalue weighted by Gasteiger charge is 2.17. The van der Waals surface area contributed by atoms with Gasteiger partial charge in [0, 0.05) is 11.8 Å². The first-order valence-corrected chi connectivity index (χ1v) is 7.42. The van der Waals surface area contributed by atoms with E-state index in [0.29, 0.717) is 22.2 Å². The van der Waals surface area contributed by atoms with Crippen LogP contribution in [0, 0.1) is 11.3 Å². The van der Waals surface area contributed by atoms with E-state index >= 15 is 0 Å². The van der Waals surface area contributed by atoms with Crippen molar-refractivity contribution in [2.75, 3.05) is 5.32 Å². The second kappa shape index (κ2) is 5.65. The molecule has 4 rings (SSSR count). The van der Waals surface area contributed by atoms with Crippen molar-refractivity contribution in [2.24, 2.45) is 0 Å². The average molecular weight is 330 g/mol. The smallest absolute Gasteiger partial charge is 0.302 e. The Morgan fingerprint density at radius 2 is 1.76 bits per heavy atom. The van der Waals surface area contributed by atoms with Gasteiger partial charge in [-0.1, -0.05) is 12.1 Å². The summed E-state index contributed by atoms with van der Waals surface area (Å²) in [5, 5.41) is 12.1. The van der Waals surface area contributed by atoms with Crippen molar-refractivity contribution in [1.82, 2.24) is 0 Å². The highest BCUT2D eigenvalue weighted by Crippen LogP contribution is 2.22. The second-order valence-electron chi connectivity index (χ2n) is 5.38. The van der Waals surface area contributed by atoms with Crippen molar-refractivity contribution >= 4 is 33.7 Å². The molecule has 1 amide bonds. The molecule has 25 heavy (non-hydrogen) atoms. The van der Waals surface area contributed by atoms with Gasteiger partial charge in [-0.2, -0.15) is 5.26 Å². The highest BCUT2D eigenvalue weighted by molar-refractivity contribution is 6.04. The van der Waals surface area contributed by atoms with Crippen molar-refractivity contribution in [1.29, 1.82) is 5.26 Å². The summed E-state index contributed by atoms with van der Waals surface area (Å²) in [6.45, 7) is 0. The van der Waals surface area contributed by atoms with Crippen LogP contribution in [0.25, 0.3) is 22.1 Å². The summed E-state index contributed by atoms with van der Waals surface area (Å²) in [7, 11) is 0. The van der Waals surface area contributed by atoms with Crippen LogP contribution in [-0.2, 0) is 0 Å². The van der Waals surface area contributed by atoms with E-state index in [1.165, 1.54) is 6.07 Å². The zero-order chi connectivity index (χ0) is 17.4. The topological polar surface area (TPSA) is 96.2 Å². The van der Waals surface area contributed by atoms with Crippen LogP contribution in [0.3, 0.4) is 0 Å². The average Bonchev–Trinajstić information content (AvgIpc) is 3.07. The minimum Gasteiger partial charge on any atom is -0.425 e. The first kappa shape index (κ1) is 14.7. The van der Waals surface area contributed by atoms with E-state index in [1.54, 1.807) is 48.5 Å². The van der Waals surface area contributed by atoms with E-state index in [2.05, 4.69) is 5.32 Å². The molecule has 120 valence electrons. The lowest BCUT2D eigenvalue weighted by molar-refractivity contribution is 0.0997. The Kier molecular flexibility index (Phi) is 3.33. The Morgan fingerprint density at radius 3 is 2.52 bits per heavy atom. The van der Waals surface area contributed by atoms with Crippen LogP contribution in [0.2, 0.25) is 0 Å². The Bertz CT molecular complexity index is 1210. The van der Waals surface area contributed by atoms with Crippen LogP contribution < -0.4 is 10.7 Å². The number of anilines is 1. The molecule has 4 aromatic rings. The molecule has 0 fully saturated rings. The SMILES string of the molecule is N#Cc1ccc(NC(=O)c2cc3c(=O)c4ccccc4oc3o2)cc1. The number of furan rings is 1. The number of carbonyl (C=O) groups excluding carboxylic acids is 1. The number of amides is 1. The van der Waals surface area contributed by atoms with Crippen LogP contribution in [0.1, 0.15) is 16.1 Å². The molecule has 0 saturated heterocycles. The Labute approximate surface area is 140 Å². The minimum atomic E-state index is -0.514. The fourth-order valence-electron chi connectivity index (χ4n) is 2.53. The molecular weight excluding hydrogens is 320 g/mol. The summed E-state index contributed by atoms with van der Waals surface area (Å²) in [5.41, 5.74) is 1.14. The molecule has 0 unspecified atom stereocenters. The zero-order valence-corrected chi connectivity index (χ0v) is 12.8. The van der Waals surface area contributed by atoms with E-state index in [0.717, 1.165) is 0 Å². The van der Waals surface area contributed by atoms with Gasteiger partial charge in [0.25, 0.3) is 5.91 Å². The second-order valence-corrected chi connectivity index (χ2v) is 5.38. The fraction of sp³-hybridized carbons (Fsp3) is 0. The molecule has 2 aromatic heterocycles. The molecule has 1 N–H and O–H groups in total. The number of nitrogens with zero attached hydrogens (tertiary/aromatic N) is 1. The number of nitrogens with one attached hydrogen (secondary N) is 1. The lowest BCUT2D eigenvalue weighted by atomic mass is 10.2. The van der Waals surface area contributed by atoms with Gasteiger partial charge < -0.3 is 14.2 Å². The van der Waals surface area contributed by atoms with Gasteiger partial charge in [0.05, 0.1) is 17.0 Å². The summed E-state index contributed by atoms with van der Waals surface area (Å²) in [6.07, 6.45) is 0. The molecule has 0 saturated carbocycles. The third-order valence-electron chi connectivity index (χ3n) is 3.77. The number of hydrogen-bond donors (Lipinski definition) is 1. The van der Waals surface area contributed by atoms with Crippen molar-refractivity contribution in [3.8, 4) is 6.07 Å². The Hall–Kier alpha value is -3.85. The largest absolute Gasteiger partial charge is 0.425 e. The number of carbonyl (C=O) groups is 1. The maximum atomic E-state index is 12.5. The predicted molar refractivity (Wildman–Crippen MR) is 91.4 cm³/mol. The van der Waals surface area contributed by atoms with Crippen LogP contribution in [-0.4, -0.2) is 5.91 Å². The van der Waals surface area contributed by atoms with Crippen LogP contribution >= 0.6 is 0 Å². The van der Waals surface area contributed by atoms with Gasteiger partial charge in [-0.25, -0.2) is 0 Å². The Balaban J connectivity index is 1.72. The van der Waals surface area contributed by atoms with Crippen molar-refractivity contribution < 1.29 is 13.6 Å². The van der Waals surface area contributed by atoms with Gasteiger partial charge in [0.1, 0.15) is 11.0 Å². The van der Waals surface area contributed by atoms with Crippen LogP contribution in [0.5, 0.6) is 0 Å².